The molecule has 3 N–H and O–H groups in total. The van der Waals surface area contributed by atoms with E-state index >= 15 is 0 Å². The molecule has 17 heavy (non-hydrogen) atoms. The van der Waals surface area contributed by atoms with Crippen molar-refractivity contribution >= 4 is 44.5 Å². The Kier molecular flexibility index (Phi) is 3.49. The van der Waals surface area contributed by atoms with Crippen LogP contribution in [0.25, 0.3) is 0 Å². The third kappa shape index (κ3) is 2.68. The van der Waals surface area contributed by atoms with E-state index in [1.165, 1.54) is 11.3 Å². The summed E-state index contributed by atoms with van der Waals surface area (Å²) in [6.45, 7) is 1.95. The Labute approximate surface area is 112 Å². The summed E-state index contributed by atoms with van der Waals surface area (Å²) < 4.78 is 0.792. The molecule has 0 aliphatic carbocycles. The Bertz CT molecular complexity index is 529. The predicted molar refractivity (Wildman–Crippen MR) is 75.6 cm³/mol. The summed E-state index contributed by atoms with van der Waals surface area (Å²) in [5.41, 5.74) is 8.10. The molecule has 0 saturated carbocycles. The Hall–Kier alpha value is -1.33. The highest BCUT2D eigenvalue weighted by Gasteiger charge is 2.11. The molecule has 1 aromatic heterocycles. The molecule has 5 heteroatoms. The predicted octanol–water partition coefficient (Wildman–Crippen LogP) is 3.65. The normalized spacial score (nSPS) is 10.2. The monoisotopic (exact) mass is 310 g/mol. The molecule has 0 fully saturated rings. The first-order chi connectivity index (χ1) is 8.08. The van der Waals surface area contributed by atoms with E-state index in [9.17, 15) is 4.79 Å². The second-order valence-corrected chi connectivity index (χ2v) is 5.44. The Morgan fingerprint density at radius 2 is 2.24 bits per heavy atom. The van der Waals surface area contributed by atoms with Crippen molar-refractivity contribution in [3.05, 3.63) is 44.6 Å². The highest BCUT2D eigenvalue weighted by Crippen LogP contribution is 2.30. The number of thiophene rings is 1. The molecule has 0 aliphatic rings. The van der Waals surface area contributed by atoms with Crippen LogP contribution >= 0.6 is 27.3 Å². The maximum atomic E-state index is 11.9. The van der Waals surface area contributed by atoms with Crippen LogP contribution in [0.5, 0.6) is 0 Å². The van der Waals surface area contributed by atoms with Crippen molar-refractivity contribution in [2.45, 2.75) is 6.92 Å². The van der Waals surface area contributed by atoms with Crippen molar-refractivity contribution in [3.63, 3.8) is 0 Å². The van der Waals surface area contributed by atoms with Crippen LogP contribution < -0.4 is 11.1 Å². The van der Waals surface area contributed by atoms with Crippen LogP contribution in [0.15, 0.2) is 34.1 Å². The highest BCUT2D eigenvalue weighted by molar-refractivity contribution is 9.10. The van der Waals surface area contributed by atoms with E-state index in [0.717, 1.165) is 10.0 Å². The molecule has 0 radical (unpaired) electrons. The zero-order valence-corrected chi connectivity index (χ0v) is 11.6. The molecule has 1 heterocycles. The zero-order chi connectivity index (χ0) is 12.4. The number of hydrogen-bond donors (Lipinski definition) is 2. The lowest BCUT2D eigenvalue weighted by molar-refractivity contribution is 0.103. The largest absolute Gasteiger partial charge is 0.397 e. The minimum Gasteiger partial charge on any atom is -0.397 e. The Balaban J connectivity index is 2.28. The quantitative estimate of drug-likeness (QED) is 0.832. The number of aryl methyl sites for hydroxylation is 1. The second-order valence-electron chi connectivity index (χ2n) is 3.64. The second kappa shape index (κ2) is 4.89. The summed E-state index contributed by atoms with van der Waals surface area (Å²) in [7, 11) is 0. The van der Waals surface area contributed by atoms with Gasteiger partial charge in [0.1, 0.15) is 0 Å². The van der Waals surface area contributed by atoms with E-state index in [-0.39, 0.29) is 5.91 Å². The van der Waals surface area contributed by atoms with Crippen molar-refractivity contribution in [1.82, 2.24) is 0 Å². The first-order valence-corrected chi connectivity index (χ1v) is 6.65. The summed E-state index contributed by atoms with van der Waals surface area (Å²) in [4.78, 5) is 12.6. The number of nitrogens with two attached hydrogens (primary N) is 1. The number of carbonyl (C=O) groups excluding carboxylic acids is 1. The van der Waals surface area contributed by atoms with Crippen LogP contribution in [0.1, 0.15) is 15.2 Å². The number of anilines is 2. The third-order valence-corrected chi connectivity index (χ3v) is 3.74. The summed E-state index contributed by atoms with van der Waals surface area (Å²) in [5, 5.41) is 4.67. The maximum Gasteiger partial charge on any atom is 0.265 e. The summed E-state index contributed by atoms with van der Waals surface area (Å²) in [6, 6.07) is 7.36. The minimum atomic E-state index is -0.142. The number of amides is 1. The van der Waals surface area contributed by atoms with Crippen LogP contribution in [0, 0.1) is 6.92 Å². The fourth-order valence-corrected chi connectivity index (χ4v) is 2.79. The van der Waals surface area contributed by atoms with Crippen LogP contribution in [0.2, 0.25) is 0 Å². The first-order valence-electron chi connectivity index (χ1n) is 4.98. The number of benzene rings is 1. The molecule has 3 nitrogen and oxygen atoms in total. The number of rotatable bonds is 2. The van der Waals surface area contributed by atoms with Gasteiger partial charge in [-0.15, -0.1) is 11.3 Å². The van der Waals surface area contributed by atoms with E-state index in [0.29, 0.717) is 16.3 Å². The van der Waals surface area contributed by atoms with Crippen molar-refractivity contribution in [1.29, 1.82) is 0 Å². The standard InChI is InChI=1S/C12H11BrN2OS/c1-7-5-8(13)11(9(14)6-7)15-12(16)10-3-2-4-17-10/h2-6H,14H2,1H3,(H,15,16). The molecule has 0 unspecified atom stereocenters. The molecule has 0 saturated heterocycles. The van der Waals surface area contributed by atoms with E-state index < -0.39 is 0 Å². The summed E-state index contributed by atoms with van der Waals surface area (Å²) >= 11 is 4.80. The van der Waals surface area contributed by atoms with Crippen LogP contribution in [-0.2, 0) is 0 Å². The van der Waals surface area contributed by atoms with E-state index in [4.69, 9.17) is 5.73 Å². The van der Waals surface area contributed by atoms with Gasteiger partial charge in [-0.25, -0.2) is 0 Å². The SMILES string of the molecule is Cc1cc(N)c(NC(=O)c2cccs2)c(Br)c1. The Morgan fingerprint density at radius 3 is 2.82 bits per heavy atom. The van der Waals surface area contributed by atoms with Gasteiger partial charge in [-0.1, -0.05) is 6.07 Å². The van der Waals surface area contributed by atoms with Gasteiger partial charge in [-0.3, -0.25) is 4.79 Å². The number of carbonyl (C=O) groups is 1. The topological polar surface area (TPSA) is 55.1 Å². The molecule has 0 aliphatic heterocycles. The van der Waals surface area contributed by atoms with Crippen molar-refractivity contribution in [2.75, 3.05) is 11.1 Å². The highest BCUT2D eigenvalue weighted by atomic mass is 79.9. The fourth-order valence-electron chi connectivity index (χ4n) is 1.48. The van der Waals surface area contributed by atoms with Gasteiger partial charge in [-0.05, 0) is 52.0 Å². The molecule has 0 bridgehead atoms. The minimum absolute atomic E-state index is 0.142. The molecule has 0 atom stereocenters. The number of hydrogen-bond acceptors (Lipinski definition) is 3. The lowest BCUT2D eigenvalue weighted by Gasteiger charge is -2.10. The molecule has 88 valence electrons. The van der Waals surface area contributed by atoms with Crippen molar-refractivity contribution in [3.8, 4) is 0 Å². The molecule has 1 aromatic carbocycles. The number of nitrogens with one attached hydrogen (secondary N) is 1. The lowest BCUT2D eigenvalue weighted by atomic mass is 10.2. The maximum absolute atomic E-state index is 11.9. The lowest BCUT2D eigenvalue weighted by Crippen LogP contribution is -2.12. The van der Waals surface area contributed by atoms with Gasteiger partial charge in [0.05, 0.1) is 16.3 Å². The summed E-state index contributed by atoms with van der Waals surface area (Å²) in [5.74, 6) is -0.142. The third-order valence-electron chi connectivity index (χ3n) is 2.25. The molecule has 2 aromatic rings. The molecule has 1 amide bonds. The number of halogens is 1. The Morgan fingerprint density at radius 1 is 1.47 bits per heavy atom. The first kappa shape index (κ1) is 12.1. The molecular weight excluding hydrogens is 300 g/mol. The molecular formula is C12H11BrN2OS. The van der Waals surface area contributed by atoms with Gasteiger partial charge < -0.3 is 11.1 Å². The average Bonchev–Trinajstić information content (AvgIpc) is 2.76. The van der Waals surface area contributed by atoms with Gasteiger partial charge in [0.15, 0.2) is 0 Å². The van der Waals surface area contributed by atoms with Gasteiger partial charge in [0, 0.05) is 4.47 Å². The van der Waals surface area contributed by atoms with Gasteiger partial charge in [0.2, 0.25) is 0 Å². The van der Waals surface area contributed by atoms with Crippen LogP contribution in [-0.4, -0.2) is 5.91 Å². The molecule has 0 spiro atoms. The van der Waals surface area contributed by atoms with E-state index in [2.05, 4.69) is 21.2 Å². The zero-order valence-electron chi connectivity index (χ0n) is 9.16. The van der Waals surface area contributed by atoms with Crippen LogP contribution in [0.3, 0.4) is 0 Å². The molecule has 2 rings (SSSR count). The average molecular weight is 311 g/mol. The summed E-state index contributed by atoms with van der Waals surface area (Å²) in [6.07, 6.45) is 0. The van der Waals surface area contributed by atoms with E-state index in [1.807, 2.05) is 30.5 Å². The van der Waals surface area contributed by atoms with Gasteiger partial charge >= 0.3 is 0 Å². The van der Waals surface area contributed by atoms with Gasteiger partial charge in [0.25, 0.3) is 5.91 Å². The van der Waals surface area contributed by atoms with Gasteiger partial charge in [-0.2, -0.15) is 0 Å². The van der Waals surface area contributed by atoms with Crippen LogP contribution in [0.4, 0.5) is 11.4 Å². The van der Waals surface area contributed by atoms with E-state index in [1.54, 1.807) is 6.07 Å². The van der Waals surface area contributed by atoms with Crippen molar-refractivity contribution in [2.24, 2.45) is 0 Å². The smallest absolute Gasteiger partial charge is 0.265 e. The number of nitrogen functional groups attached to an aromatic ring is 1. The fraction of sp³-hybridized carbons (Fsp3) is 0.0833. The van der Waals surface area contributed by atoms with Crippen molar-refractivity contribution < 1.29 is 4.79 Å².